The van der Waals surface area contributed by atoms with Crippen molar-refractivity contribution in [2.45, 2.75) is 64.9 Å². The predicted octanol–water partition coefficient (Wildman–Crippen LogP) is 6.34. The van der Waals surface area contributed by atoms with Crippen molar-refractivity contribution >= 4 is 5.97 Å². The van der Waals surface area contributed by atoms with Gasteiger partial charge in [0, 0.05) is 0 Å². The van der Waals surface area contributed by atoms with Crippen LogP contribution in [0.1, 0.15) is 63.0 Å². The number of benzene rings is 2. The number of rotatable bonds is 12. The molecule has 0 fully saturated rings. The zero-order chi connectivity index (χ0) is 18.5. The lowest BCUT2D eigenvalue weighted by Gasteiger charge is -2.16. The summed E-state index contributed by atoms with van der Waals surface area (Å²) in [4.78, 5) is 12.7. The lowest BCUT2D eigenvalue weighted by atomic mass is 9.93. The Balaban J connectivity index is 1.85. The van der Waals surface area contributed by atoms with Crippen LogP contribution in [0.2, 0.25) is 0 Å². The third-order valence-electron chi connectivity index (χ3n) is 4.79. The average Bonchev–Trinajstić information content (AvgIpc) is 2.69. The minimum absolute atomic E-state index is 0.0488. The van der Waals surface area contributed by atoms with Gasteiger partial charge in [-0.1, -0.05) is 106 Å². The summed E-state index contributed by atoms with van der Waals surface area (Å²) in [6.45, 7) is 2.60. The Morgan fingerprint density at radius 2 is 1.38 bits per heavy atom. The Hall–Kier alpha value is -2.09. The van der Waals surface area contributed by atoms with Gasteiger partial charge in [-0.3, -0.25) is 4.79 Å². The van der Waals surface area contributed by atoms with Crippen molar-refractivity contribution in [2.75, 3.05) is 0 Å². The van der Waals surface area contributed by atoms with Gasteiger partial charge in [-0.15, -0.1) is 0 Å². The minimum atomic E-state index is -0.0636. The molecular formula is C24H32O2. The zero-order valence-corrected chi connectivity index (χ0v) is 16.0. The normalized spacial score (nSPS) is 11.9. The molecule has 2 heteroatoms. The number of unbranched alkanes of at least 4 members (excludes halogenated alkanes) is 5. The topological polar surface area (TPSA) is 26.3 Å². The summed E-state index contributed by atoms with van der Waals surface area (Å²) in [7, 11) is 0. The molecule has 0 bridgehead atoms. The van der Waals surface area contributed by atoms with Gasteiger partial charge in [-0.2, -0.15) is 0 Å². The van der Waals surface area contributed by atoms with Crippen molar-refractivity contribution in [1.82, 2.24) is 0 Å². The zero-order valence-electron chi connectivity index (χ0n) is 16.0. The molecule has 2 rings (SSSR count). The third-order valence-corrected chi connectivity index (χ3v) is 4.79. The summed E-state index contributed by atoms with van der Waals surface area (Å²) in [5.74, 6) is -0.112. The molecule has 1 unspecified atom stereocenters. The van der Waals surface area contributed by atoms with Crippen LogP contribution in [0.15, 0.2) is 60.7 Å². The van der Waals surface area contributed by atoms with Crippen molar-refractivity contribution in [1.29, 1.82) is 0 Å². The Labute approximate surface area is 158 Å². The highest BCUT2D eigenvalue weighted by Gasteiger charge is 2.20. The summed E-state index contributed by atoms with van der Waals surface area (Å²) >= 11 is 0. The molecule has 0 aromatic heterocycles. The maximum absolute atomic E-state index is 12.7. The van der Waals surface area contributed by atoms with Gasteiger partial charge in [0.05, 0.1) is 5.92 Å². The number of carbonyl (C=O) groups excluding carboxylic acids is 1. The van der Waals surface area contributed by atoms with Crippen LogP contribution in [0.5, 0.6) is 0 Å². The van der Waals surface area contributed by atoms with E-state index in [0.717, 1.165) is 24.8 Å². The standard InChI is InChI=1S/C24H32O2/c1-2-3-4-5-6-13-18-23(19-21-14-9-7-10-15-21)24(25)26-20-22-16-11-8-12-17-22/h7-12,14-17,23H,2-6,13,18-20H2,1H3. The number of esters is 1. The number of carbonyl (C=O) groups is 1. The maximum atomic E-state index is 12.7. The smallest absolute Gasteiger partial charge is 0.309 e. The fourth-order valence-electron chi connectivity index (χ4n) is 3.22. The van der Waals surface area contributed by atoms with E-state index in [2.05, 4.69) is 19.1 Å². The monoisotopic (exact) mass is 352 g/mol. The number of hydrogen-bond acceptors (Lipinski definition) is 2. The van der Waals surface area contributed by atoms with E-state index in [4.69, 9.17) is 4.74 Å². The first-order valence-electron chi connectivity index (χ1n) is 10.0. The molecule has 0 saturated heterocycles. The van der Waals surface area contributed by atoms with E-state index in [1.165, 1.54) is 37.7 Å². The Morgan fingerprint density at radius 3 is 2.04 bits per heavy atom. The van der Waals surface area contributed by atoms with Crippen LogP contribution in [-0.4, -0.2) is 5.97 Å². The van der Waals surface area contributed by atoms with Crippen LogP contribution in [0.4, 0.5) is 0 Å². The van der Waals surface area contributed by atoms with Gasteiger partial charge < -0.3 is 4.74 Å². The molecule has 1 atom stereocenters. The molecule has 0 spiro atoms. The van der Waals surface area contributed by atoms with E-state index < -0.39 is 0 Å². The predicted molar refractivity (Wildman–Crippen MR) is 108 cm³/mol. The summed E-state index contributed by atoms with van der Waals surface area (Å²) in [5, 5.41) is 0. The highest BCUT2D eigenvalue weighted by atomic mass is 16.5. The van der Waals surface area contributed by atoms with Crippen LogP contribution in [0, 0.1) is 5.92 Å². The first-order valence-corrected chi connectivity index (χ1v) is 10.0. The van der Waals surface area contributed by atoms with Crippen LogP contribution in [0.25, 0.3) is 0 Å². The first-order chi connectivity index (χ1) is 12.8. The first kappa shape index (κ1) is 20.2. The molecule has 0 amide bonds. The molecule has 26 heavy (non-hydrogen) atoms. The van der Waals surface area contributed by atoms with E-state index in [-0.39, 0.29) is 11.9 Å². The lowest BCUT2D eigenvalue weighted by Crippen LogP contribution is -2.20. The van der Waals surface area contributed by atoms with E-state index >= 15 is 0 Å². The molecule has 0 radical (unpaired) electrons. The van der Waals surface area contributed by atoms with Crippen LogP contribution in [0.3, 0.4) is 0 Å². The molecule has 0 heterocycles. The summed E-state index contributed by atoms with van der Waals surface area (Å²) < 4.78 is 5.62. The highest BCUT2D eigenvalue weighted by Crippen LogP contribution is 2.19. The van der Waals surface area contributed by atoms with Gasteiger partial charge in [0.2, 0.25) is 0 Å². The quantitative estimate of drug-likeness (QED) is 0.329. The minimum Gasteiger partial charge on any atom is -0.461 e. The number of ether oxygens (including phenoxy) is 1. The molecule has 2 aromatic rings. The highest BCUT2D eigenvalue weighted by molar-refractivity contribution is 5.72. The Kier molecular flexibility index (Phi) is 9.56. The molecular weight excluding hydrogens is 320 g/mol. The van der Waals surface area contributed by atoms with Crippen molar-refractivity contribution in [3.8, 4) is 0 Å². The number of hydrogen-bond donors (Lipinski definition) is 0. The molecule has 2 nitrogen and oxygen atoms in total. The molecule has 140 valence electrons. The Bertz CT molecular complexity index is 607. The van der Waals surface area contributed by atoms with Gasteiger partial charge in [-0.25, -0.2) is 0 Å². The van der Waals surface area contributed by atoms with E-state index in [0.29, 0.717) is 6.61 Å². The second-order valence-corrected chi connectivity index (χ2v) is 7.04. The van der Waals surface area contributed by atoms with Crippen molar-refractivity contribution in [3.05, 3.63) is 71.8 Å². The Morgan fingerprint density at radius 1 is 0.808 bits per heavy atom. The van der Waals surface area contributed by atoms with E-state index in [9.17, 15) is 4.79 Å². The molecule has 0 N–H and O–H groups in total. The fraction of sp³-hybridized carbons (Fsp3) is 0.458. The summed E-state index contributed by atoms with van der Waals surface area (Å²) in [5.41, 5.74) is 2.25. The largest absolute Gasteiger partial charge is 0.461 e. The third kappa shape index (κ3) is 7.86. The second-order valence-electron chi connectivity index (χ2n) is 7.04. The van der Waals surface area contributed by atoms with Crippen molar-refractivity contribution < 1.29 is 9.53 Å². The summed E-state index contributed by atoms with van der Waals surface area (Å²) in [6, 6.07) is 20.2. The molecule has 0 aliphatic heterocycles. The fourth-order valence-corrected chi connectivity index (χ4v) is 3.22. The second kappa shape index (κ2) is 12.3. The van der Waals surface area contributed by atoms with Crippen LogP contribution < -0.4 is 0 Å². The van der Waals surface area contributed by atoms with Gasteiger partial charge in [0.25, 0.3) is 0 Å². The van der Waals surface area contributed by atoms with E-state index in [1.807, 2.05) is 48.5 Å². The van der Waals surface area contributed by atoms with Gasteiger partial charge in [0.1, 0.15) is 6.61 Å². The van der Waals surface area contributed by atoms with Crippen LogP contribution >= 0.6 is 0 Å². The molecule has 2 aromatic carbocycles. The maximum Gasteiger partial charge on any atom is 0.309 e. The molecule has 0 saturated carbocycles. The van der Waals surface area contributed by atoms with E-state index in [1.54, 1.807) is 0 Å². The van der Waals surface area contributed by atoms with Crippen molar-refractivity contribution in [2.24, 2.45) is 5.92 Å². The van der Waals surface area contributed by atoms with Crippen LogP contribution in [-0.2, 0) is 22.6 Å². The summed E-state index contributed by atoms with van der Waals surface area (Å²) in [6.07, 6.45) is 9.13. The average molecular weight is 353 g/mol. The molecule has 0 aliphatic carbocycles. The van der Waals surface area contributed by atoms with Gasteiger partial charge >= 0.3 is 5.97 Å². The van der Waals surface area contributed by atoms with Gasteiger partial charge in [0.15, 0.2) is 0 Å². The molecule has 0 aliphatic rings. The lowest BCUT2D eigenvalue weighted by molar-refractivity contribution is -0.150. The van der Waals surface area contributed by atoms with Crippen molar-refractivity contribution in [3.63, 3.8) is 0 Å². The van der Waals surface area contributed by atoms with Gasteiger partial charge in [-0.05, 0) is 24.0 Å². The SMILES string of the molecule is CCCCCCCCC(Cc1ccccc1)C(=O)OCc1ccccc1.